The topological polar surface area (TPSA) is 61.1 Å². The Morgan fingerprint density at radius 3 is 2.77 bits per heavy atom. The van der Waals surface area contributed by atoms with Gasteiger partial charge < -0.3 is 23.8 Å². The van der Waals surface area contributed by atoms with Gasteiger partial charge in [-0.1, -0.05) is 23.4 Å². The van der Waals surface area contributed by atoms with Gasteiger partial charge in [-0.3, -0.25) is 0 Å². The SMILES string of the molecule is COc1cc(C=C2OCCN3C2=NOC3c2ccc(F)cc2)ccc1-n1cnc(C)c1. The van der Waals surface area contributed by atoms with Crippen molar-refractivity contribution in [1.29, 1.82) is 0 Å². The maximum atomic E-state index is 13.3. The van der Waals surface area contributed by atoms with Gasteiger partial charge in [0.2, 0.25) is 12.1 Å². The molecule has 3 aromatic rings. The molecule has 1 unspecified atom stereocenters. The molecule has 1 aromatic heterocycles. The van der Waals surface area contributed by atoms with Crippen LogP contribution in [-0.4, -0.2) is 40.5 Å². The highest BCUT2D eigenvalue weighted by atomic mass is 19.1. The summed E-state index contributed by atoms with van der Waals surface area (Å²) in [5, 5.41) is 4.24. The number of imidazole rings is 1. The zero-order valence-electron chi connectivity index (χ0n) is 17.2. The van der Waals surface area contributed by atoms with Gasteiger partial charge in [0.25, 0.3) is 0 Å². The number of aromatic nitrogens is 2. The van der Waals surface area contributed by atoms with Crippen molar-refractivity contribution < 1.29 is 18.7 Å². The highest BCUT2D eigenvalue weighted by Crippen LogP contribution is 2.33. The lowest BCUT2D eigenvalue weighted by molar-refractivity contribution is -0.00180. The molecule has 7 nitrogen and oxygen atoms in total. The number of hydrogen-bond donors (Lipinski definition) is 0. The van der Waals surface area contributed by atoms with Crippen molar-refractivity contribution in [3.63, 3.8) is 0 Å². The number of methoxy groups -OCH3 is 1. The minimum atomic E-state index is -0.399. The summed E-state index contributed by atoms with van der Waals surface area (Å²) in [5.41, 5.74) is 3.57. The number of morpholine rings is 1. The van der Waals surface area contributed by atoms with E-state index in [-0.39, 0.29) is 5.82 Å². The van der Waals surface area contributed by atoms with Gasteiger partial charge in [-0.25, -0.2) is 9.37 Å². The number of oxime groups is 1. The fraction of sp³-hybridized carbons (Fsp3) is 0.217. The second-order valence-corrected chi connectivity index (χ2v) is 7.33. The number of hydrogen-bond acceptors (Lipinski definition) is 6. The smallest absolute Gasteiger partial charge is 0.227 e. The van der Waals surface area contributed by atoms with Crippen LogP contribution in [0.25, 0.3) is 11.8 Å². The number of rotatable bonds is 4. The molecule has 31 heavy (non-hydrogen) atoms. The van der Waals surface area contributed by atoms with Gasteiger partial charge in [0.1, 0.15) is 18.2 Å². The molecule has 0 aliphatic carbocycles. The summed E-state index contributed by atoms with van der Waals surface area (Å²) in [7, 11) is 1.64. The molecule has 0 radical (unpaired) electrons. The van der Waals surface area contributed by atoms with E-state index in [0.717, 1.165) is 22.5 Å². The number of fused-ring (bicyclic) bond motifs is 1. The Morgan fingerprint density at radius 1 is 1.19 bits per heavy atom. The van der Waals surface area contributed by atoms with Gasteiger partial charge in [0, 0.05) is 11.8 Å². The van der Waals surface area contributed by atoms with E-state index in [1.54, 1.807) is 25.6 Å². The van der Waals surface area contributed by atoms with Crippen molar-refractivity contribution in [2.45, 2.75) is 13.2 Å². The molecular formula is C23H21FN4O3. The van der Waals surface area contributed by atoms with Crippen molar-refractivity contribution in [1.82, 2.24) is 14.5 Å². The van der Waals surface area contributed by atoms with Gasteiger partial charge in [-0.2, -0.15) is 0 Å². The Kier molecular flexibility index (Phi) is 4.82. The molecule has 1 atom stereocenters. The van der Waals surface area contributed by atoms with Crippen molar-refractivity contribution in [3.05, 3.63) is 83.4 Å². The average molecular weight is 420 g/mol. The Morgan fingerprint density at radius 2 is 2.03 bits per heavy atom. The highest BCUT2D eigenvalue weighted by Gasteiger charge is 2.36. The molecule has 1 fully saturated rings. The third kappa shape index (κ3) is 3.61. The number of benzene rings is 2. The van der Waals surface area contributed by atoms with Gasteiger partial charge in [0.15, 0.2) is 5.76 Å². The summed E-state index contributed by atoms with van der Waals surface area (Å²) in [6.45, 7) is 3.06. The molecule has 1 saturated heterocycles. The largest absolute Gasteiger partial charge is 0.495 e. The van der Waals surface area contributed by atoms with E-state index in [1.165, 1.54) is 12.1 Å². The second kappa shape index (κ2) is 7.79. The van der Waals surface area contributed by atoms with Crippen LogP contribution in [0.4, 0.5) is 4.39 Å². The first-order chi connectivity index (χ1) is 15.1. The van der Waals surface area contributed by atoms with Crippen LogP contribution in [0.3, 0.4) is 0 Å². The lowest BCUT2D eigenvalue weighted by atomic mass is 10.1. The zero-order chi connectivity index (χ0) is 21.4. The van der Waals surface area contributed by atoms with Crippen molar-refractivity contribution in [2.75, 3.05) is 20.3 Å². The first kappa shape index (κ1) is 19.2. The first-order valence-electron chi connectivity index (χ1n) is 9.92. The molecule has 158 valence electrons. The summed E-state index contributed by atoms with van der Waals surface area (Å²) < 4.78 is 26.7. The first-order valence-corrected chi connectivity index (χ1v) is 9.92. The number of nitrogens with zero attached hydrogens (tertiary/aromatic N) is 4. The molecule has 0 saturated carbocycles. The summed E-state index contributed by atoms with van der Waals surface area (Å²) in [5.74, 6) is 1.67. The maximum Gasteiger partial charge on any atom is 0.227 e. The Labute approximate surface area is 179 Å². The van der Waals surface area contributed by atoms with Crippen molar-refractivity contribution >= 4 is 11.9 Å². The van der Waals surface area contributed by atoms with Crippen molar-refractivity contribution in [2.24, 2.45) is 5.16 Å². The average Bonchev–Trinajstić information content (AvgIpc) is 3.41. The van der Waals surface area contributed by atoms with Crippen LogP contribution >= 0.6 is 0 Å². The van der Waals surface area contributed by atoms with E-state index in [0.29, 0.717) is 30.5 Å². The molecule has 8 heteroatoms. The molecule has 2 aromatic carbocycles. The van der Waals surface area contributed by atoms with E-state index in [2.05, 4.69) is 10.1 Å². The fourth-order valence-electron chi connectivity index (χ4n) is 3.72. The molecule has 2 aliphatic rings. The quantitative estimate of drug-likeness (QED) is 0.638. The van der Waals surface area contributed by atoms with E-state index in [9.17, 15) is 4.39 Å². The molecule has 5 rings (SSSR count). The summed E-state index contributed by atoms with van der Waals surface area (Å²) in [4.78, 5) is 11.9. The summed E-state index contributed by atoms with van der Waals surface area (Å²) in [6, 6.07) is 12.1. The Bertz CT molecular complexity index is 1170. The maximum absolute atomic E-state index is 13.3. The van der Waals surface area contributed by atoms with Crippen LogP contribution < -0.4 is 4.74 Å². The van der Waals surface area contributed by atoms with Crippen molar-refractivity contribution in [3.8, 4) is 11.4 Å². The number of amidine groups is 1. The number of aryl methyl sites for hydroxylation is 1. The van der Waals surface area contributed by atoms with E-state index < -0.39 is 6.23 Å². The Hall–Kier alpha value is -3.81. The lowest BCUT2D eigenvalue weighted by Gasteiger charge is -2.30. The predicted octanol–water partition coefficient (Wildman–Crippen LogP) is 4.04. The van der Waals surface area contributed by atoms with Gasteiger partial charge in [-0.05, 0) is 42.8 Å². The fourth-order valence-corrected chi connectivity index (χ4v) is 3.72. The minimum absolute atomic E-state index is 0.284. The molecule has 0 bridgehead atoms. The van der Waals surface area contributed by atoms with Crippen LogP contribution in [0, 0.1) is 12.7 Å². The highest BCUT2D eigenvalue weighted by molar-refractivity contribution is 6.01. The van der Waals surface area contributed by atoms with Gasteiger partial charge >= 0.3 is 0 Å². The molecule has 0 amide bonds. The van der Waals surface area contributed by atoms with E-state index in [1.807, 2.05) is 46.9 Å². The lowest BCUT2D eigenvalue weighted by Crippen LogP contribution is -2.39. The normalized spacial score (nSPS) is 18.9. The summed E-state index contributed by atoms with van der Waals surface area (Å²) >= 11 is 0. The molecule has 0 spiro atoms. The van der Waals surface area contributed by atoms with Crippen LogP contribution in [0.5, 0.6) is 5.75 Å². The monoisotopic (exact) mass is 420 g/mol. The van der Waals surface area contributed by atoms with E-state index in [4.69, 9.17) is 14.3 Å². The molecule has 3 heterocycles. The molecular weight excluding hydrogens is 399 g/mol. The minimum Gasteiger partial charge on any atom is -0.495 e. The van der Waals surface area contributed by atoms with Crippen LogP contribution in [-0.2, 0) is 9.57 Å². The third-order valence-corrected chi connectivity index (χ3v) is 5.25. The standard InChI is InChI=1S/C23H21FN4O3/c1-15-13-27(14-25-15)19-8-3-16(11-20(19)29-2)12-21-22-26-31-23(28(22)9-10-30-21)17-4-6-18(24)7-5-17/h3-8,11-14,23H,9-10H2,1-2H3. The second-order valence-electron chi connectivity index (χ2n) is 7.33. The predicted molar refractivity (Wildman–Crippen MR) is 113 cm³/mol. The van der Waals surface area contributed by atoms with Crippen LogP contribution in [0.2, 0.25) is 0 Å². The van der Waals surface area contributed by atoms with Gasteiger partial charge in [0.05, 0.1) is 31.4 Å². The molecule has 2 aliphatic heterocycles. The van der Waals surface area contributed by atoms with Crippen LogP contribution in [0.15, 0.2) is 65.9 Å². The van der Waals surface area contributed by atoms with E-state index >= 15 is 0 Å². The Balaban J connectivity index is 1.42. The number of ether oxygens (including phenoxy) is 2. The van der Waals surface area contributed by atoms with Crippen LogP contribution in [0.1, 0.15) is 23.0 Å². The van der Waals surface area contributed by atoms with Gasteiger partial charge in [-0.15, -0.1) is 0 Å². The third-order valence-electron chi connectivity index (χ3n) is 5.25. The number of halogens is 1. The molecule has 0 N–H and O–H groups in total. The summed E-state index contributed by atoms with van der Waals surface area (Å²) in [6.07, 6.45) is 5.21. The zero-order valence-corrected chi connectivity index (χ0v) is 17.2.